The van der Waals surface area contributed by atoms with Crippen molar-refractivity contribution in [3.63, 3.8) is 0 Å². The van der Waals surface area contributed by atoms with Crippen LogP contribution < -0.4 is 5.73 Å². The molecule has 0 aliphatic rings. The molecule has 0 spiro atoms. The second-order valence-electron chi connectivity index (χ2n) is 5.01. The van der Waals surface area contributed by atoms with Gasteiger partial charge in [-0.25, -0.2) is 4.98 Å². The number of nitrogens with one attached hydrogen (secondary N) is 1. The van der Waals surface area contributed by atoms with Crippen LogP contribution in [0.5, 0.6) is 0 Å². The van der Waals surface area contributed by atoms with Crippen LogP contribution in [0.1, 0.15) is 21.9 Å². The second-order valence-corrected chi connectivity index (χ2v) is 5.01. The molecule has 0 atom stereocenters. The standard InChI is InChI=1S/C15H16N4O/c1-8-11(15(16)20)7-12(17-8)10-4-5-14-13(6-10)18-9(2)19(14)3/h4-7,17H,1-3H3,(H2,16,20). The molecule has 0 unspecified atom stereocenters. The minimum Gasteiger partial charge on any atom is -0.366 e. The lowest BCUT2D eigenvalue weighted by Crippen LogP contribution is -2.10. The Labute approximate surface area is 116 Å². The number of hydrogen-bond acceptors (Lipinski definition) is 2. The van der Waals surface area contributed by atoms with Crippen molar-refractivity contribution in [2.45, 2.75) is 13.8 Å². The van der Waals surface area contributed by atoms with Gasteiger partial charge in [0.15, 0.2) is 0 Å². The maximum absolute atomic E-state index is 11.3. The van der Waals surface area contributed by atoms with Crippen molar-refractivity contribution in [3.8, 4) is 11.3 Å². The van der Waals surface area contributed by atoms with E-state index in [4.69, 9.17) is 5.73 Å². The van der Waals surface area contributed by atoms with E-state index >= 15 is 0 Å². The van der Waals surface area contributed by atoms with Gasteiger partial charge < -0.3 is 15.3 Å². The zero-order chi connectivity index (χ0) is 14.4. The number of carbonyl (C=O) groups excluding carboxylic acids is 1. The van der Waals surface area contributed by atoms with E-state index in [0.717, 1.165) is 33.8 Å². The van der Waals surface area contributed by atoms with Crippen LogP contribution in [0.15, 0.2) is 24.3 Å². The van der Waals surface area contributed by atoms with E-state index in [-0.39, 0.29) is 0 Å². The lowest BCUT2D eigenvalue weighted by atomic mass is 10.1. The van der Waals surface area contributed by atoms with E-state index in [0.29, 0.717) is 5.56 Å². The highest BCUT2D eigenvalue weighted by Gasteiger charge is 2.12. The molecule has 102 valence electrons. The first-order chi connectivity index (χ1) is 9.47. The first kappa shape index (κ1) is 12.5. The fraction of sp³-hybridized carbons (Fsp3) is 0.200. The summed E-state index contributed by atoms with van der Waals surface area (Å²) in [5, 5.41) is 0. The number of fused-ring (bicyclic) bond motifs is 1. The first-order valence-corrected chi connectivity index (χ1v) is 6.40. The Hall–Kier alpha value is -2.56. The monoisotopic (exact) mass is 268 g/mol. The van der Waals surface area contributed by atoms with E-state index in [1.165, 1.54) is 0 Å². The molecule has 0 saturated carbocycles. The quantitative estimate of drug-likeness (QED) is 0.748. The predicted octanol–water partition coefficient (Wildman–Crippen LogP) is 2.28. The van der Waals surface area contributed by atoms with E-state index in [1.807, 2.05) is 43.7 Å². The highest BCUT2D eigenvalue weighted by Crippen LogP contribution is 2.25. The summed E-state index contributed by atoms with van der Waals surface area (Å²) >= 11 is 0. The van der Waals surface area contributed by atoms with Crippen LogP contribution >= 0.6 is 0 Å². The van der Waals surface area contributed by atoms with Gasteiger partial charge in [0.05, 0.1) is 16.6 Å². The number of benzene rings is 1. The van der Waals surface area contributed by atoms with Crippen LogP contribution in [0.25, 0.3) is 22.3 Å². The number of carbonyl (C=O) groups is 1. The number of H-pyrrole nitrogens is 1. The number of aryl methyl sites for hydroxylation is 3. The van der Waals surface area contributed by atoms with Gasteiger partial charge in [0, 0.05) is 24.0 Å². The second kappa shape index (κ2) is 4.23. The van der Waals surface area contributed by atoms with E-state index < -0.39 is 5.91 Å². The van der Waals surface area contributed by atoms with Crippen LogP contribution in [0, 0.1) is 13.8 Å². The van der Waals surface area contributed by atoms with Gasteiger partial charge in [0.1, 0.15) is 5.82 Å². The molecule has 0 aliphatic heterocycles. The van der Waals surface area contributed by atoms with Crippen molar-refractivity contribution >= 4 is 16.9 Å². The largest absolute Gasteiger partial charge is 0.366 e. The Kier molecular flexibility index (Phi) is 2.64. The predicted molar refractivity (Wildman–Crippen MR) is 78.5 cm³/mol. The number of aromatic amines is 1. The molecule has 0 radical (unpaired) electrons. The molecule has 2 heterocycles. The molecule has 1 amide bonds. The van der Waals surface area contributed by atoms with Crippen molar-refractivity contribution in [2.75, 3.05) is 0 Å². The van der Waals surface area contributed by atoms with Gasteiger partial charge in [-0.3, -0.25) is 4.79 Å². The van der Waals surface area contributed by atoms with Crippen molar-refractivity contribution in [1.29, 1.82) is 0 Å². The number of primary amides is 1. The summed E-state index contributed by atoms with van der Waals surface area (Å²) in [6.07, 6.45) is 0. The summed E-state index contributed by atoms with van der Waals surface area (Å²) in [5.41, 5.74) is 10.5. The number of aromatic nitrogens is 3. The summed E-state index contributed by atoms with van der Waals surface area (Å²) in [5.74, 6) is 0.553. The molecule has 2 aromatic heterocycles. The lowest BCUT2D eigenvalue weighted by Gasteiger charge is -1.99. The summed E-state index contributed by atoms with van der Waals surface area (Å²) in [6.45, 7) is 3.82. The molecule has 1 aromatic carbocycles. The molecule has 5 nitrogen and oxygen atoms in total. The average Bonchev–Trinajstić information content (AvgIpc) is 2.91. The van der Waals surface area contributed by atoms with Crippen molar-refractivity contribution < 1.29 is 4.79 Å². The van der Waals surface area contributed by atoms with Crippen molar-refractivity contribution in [3.05, 3.63) is 41.3 Å². The molecule has 0 saturated heterocycles. The highest BCUT2D eigenvalue weighted by molar-refractivity contribution is 5.95. The third kappa shape index (κ3) is 1.79. The lowest BCUT2D eigenvalue weighted by molar-refractivity contribution is 0.1000. The van der Waals surface area contributed by atoms with Gasteiger partial charge in [0.2, 0.25) is 0 Å². The number of nitrogens with zero attached hydrogens (tertiary/aromatic N) is 2. The number of amides is 1. The van der Waals surface area contributed by atoms with Crippen molar-refractivity contribution in [2.24, 2.45) is 12.8 Å². The van der Waals surface area contributed by atoms with Crippen LogP contribution in [-0.4, -0.2) is 20.4 Å². The Balaban J connectivity index is 2.15. The van der Waals surface area contributed by atoms with E-state index in [1.54, 1.807) is 6.07 Å². The summed E-state index contributed by atoms with van der Waals surface area (Å²) in [7, 11) is 1.99. The van der Waals surface area contributed by atoms with Crippen LogP contribution in [-0.2, 0) is 7.05 Å². The molecule has 0 fully saturated rings. The zero-order valence-electron chi connectivity index (χ0n) is 11.7. The fourth-order valence-electron chi connectivity index (χ4n) is 2.46. The molecular weight excluding hydrogens is 252 g/mol. The SMILES string of the molecule is Cc1[nH]c(-c2ccc3c(c2)nc(C)n3C)cc1C(N)=O. The average molecular weight is 268 g/mol. The van der Waals surface area contributed by atoms with E-state index in [2.05, 4.69) is 9.97 Å². The van der Waals surface area contributed by atoms with Gasteiger partial charge in [-0.2, -0.15) is 0 Å². The van der Waals surface area contributed by atoms with Gasteiger partial charge in [-0.1, -0.05) is 6.07 Å². The Morgan fingerprint density at radius 2 is 2.05 bits per heavy atom. The highest BCUT2D eigenvalue weighted by atomic mass is 16.1. The Morgan fingerprint density at radius 3 is 2.70 bits per heavy atom. The van der Waals surface area contributed by atoms with Crippen LogP contribution in [0.4, 0.5) is 0 Å². The molecule has 0 aliphatic carbocycles. The fourth-order valence-corrected chi connectivity index (χ4v) is 2.46. The minimum absolute atomic E-state index is 0.417. The van der Waals surface area contributed by atoms with Gasteiger partial charge >= 0.3 is 0 Å². The molecule has 0 bridgehead atoms. The third-order valence-corrected chi connectivity index (χ3v) is 3.70. The van der Waals surface area contributed by atoms with Crippen LogP contribution in [0.2, 0.25) is 0 Å². The molecule has 3 rings (SSSR count). The minimum atomic E-state index is -0.417. The number of rotatable bonds is 2. The number of nitrogens with two attached hydrogens (primary N) is 1. The zero-order valence-corrected chi connectivity index (χ0v) is 11.7. The molecule has 3 aromatic rings. The molecule has 5 heteroatoms. The summed E-state index contributed by atoms with van der Waals surface area (Å²) < 4.78 is 2.05. The summed E-state index contributed by atoms with van der Waals surface area (Å²) in [6, 6.07) is 7.84. The molecule has 3 N–H and O–H groups in total. The van der Waals surface area contributed by atoms with Gasteiger partial charge in [-0.15, -0.1) is 0 Å². The smallest absolute Gasteiger partial charge is 0.250 e. The Bertz CT molecular complexity index is 826. The van der Waals surface area contributed by atoms with Crippen LogP contribution in [0.3, 0.4) is 0 Å². The normalized spacial score (nSPS) is 11.2. The maximum Gasteiger partial charge on any atom is 0.250 e. The maximum atomic E-state index is 11.3. The Morgan fingerprint density at radius 1 is 1.30 bits per heavy atom. The number of hydrogen-bond donors (Lipinski definition) is 2. The third-order valence-electron chi connectivity index (χ3n) is 3.70. The molecular formula is C15H16N4O. The van der Waals surface area contributed by atoms with Gasteiger partial charge in [-0.05, 0) is 32.0 Å². The van der Waals surface area contributed by atoms with E-state index in [9.17, 15) is 4.79 Å². The number of imidazole rings is 1. The first-order valence-electron chi connectivity index (χ1n) is 6.40. The topological polar surface area (TPSA) is 76.7 Å². The molecule has 20 heavy (non-hydrogen) atoms. The van der Waals surface area contributed by atoms with Gasteiger partial charge in [0.25, 0.3) is 5.91 Å². The summed E-state index contributed by atoms with van der Waals surface area (Å²) in [4.78, 5) is 19.0. The van der Waals surface area contributed by atoms with Crippen molar-refractivity contribution in [1.82, 2.24) is 14.5 Å².